The Bertz CT molecular complexity index is 784. The number of nitrogens with one attached hydrogen (secondary N) is 1. The third-order valence-corrected chi connectivity index (χ3v) is 6.77. The molecule has 110 valence electrons. The molecule has 2 heterocycles. The molecule has 1 aromatic heterocycles. The van der Waals surface area contributed by atoms with E-state index in [4.69, 9.17) is 5.21 Å². The number of sulfonamides is 1. The average molecular weight is 324 g/mol. The highest BCUT2D eigenvalue weighted by molar-refractivity contribution is 7.91. The summed E-state index contributed by atoms with van der Waals surface area (Å²) in [5, 5.41) is 8.51. The minimum Gasteiger partial charge on any atom is -0.289 e. The quantitative estimate of drug-likeness (QED) is 0.660. The normalized spacial score (nSPS) is 16.6. The lowest BCUT2D eigenvalue weighted by atomic mass is 10.2. The van der Waals surface area contributed by atoms with Crippen LogP contribution in [0.3, 0.4) is 0 Å². The first-order chi connectivity index (χ1) is 10.0. The van der Waals surface area contributed by atoms with Crippen LogP contribution >= 0.6 is 11.3 Å². The molecule has 0 bridgehead atoms. The zero-order chi connectivity index (χ0) is 15.0. The zero-order valence-electron chi connectivity index (χ0n) is 10.8. The Balaban J connectivity index is 1.94. The van der Waals surface area contributed by atoms with Gasteiger partial charge in [-0.05, 0) is 17.2 Å². The first-order valence-electron chi connectivity index (χ1n) is 6.13. The molecule has 0 aliphatic carbocycles. The van der Waals surface area contributed by atoms with E-state index in [1.54, 1.807) is 0 Å². The van der Waals surface area contributed by atoms with Crippen molar-refractivity contribution in [3.63, 3.8) is 0 Å². The maximum atomic E-state index is 12.4. The van der Waals surface area contributed by atoms with E-state index in [-0.39, 0.29) is 17.3 Å². The van der Waals surface area contributed by atoms with Crippen LogP contribution in [0.25, 0.3) is 10.4 Å². The summed E-state index contributed by atoms with van der Waals surface area (Å²) in [6.45, 7) is -0.241. The number of hydroxylamine groups is 1. The molecule has 0 spiro atoms. The molecule has 8 heteroatoms. The van der Waals surface area contributed by atoms with Gasteiger partial charge in [0.25, 0.3) is 15.9 Å². The van der Waals surface area contributed by atoms with Crippen molar-refractivity contribution in [3.05, 3.63) is 42.0 Å². The van der Waals surface area contributed by atoms with Gasteiger partial charge in [-0.1, -0.05) is 30.3 Å². The molecule has 0 fully saturated rings. The van der Waals surface area contributed by atoms with Crippen LogP contribution in [0, 0.1) is 0 Å². The number of thiophene rings is 1. The van der Waals surface area contributed by atoms with Crippen molar-refractivity contribution in [1.82, 2.24) is 9.79 Å². The number of hydrogen-bond acceptors (Lipinski definition) is 5. The standard InChI is InChI=1S/C13H12N2O4S2/c16-12(14-17)8-15-7-10-6-11(9-4-2-1-3-5-9)20-13(10)21(15,18)19/h1-6,17H,7-8H2,(H,14,16). The van der Waals surface area contributed by atoms with Crippen LogP contribution < -0.4 is 5.48 Å². The van der Waals surface area contributed by atoms with Crippen LogP contribution in [0.4, 0.5) is 0 Å². The fraction of sp³-hybridized carbons (Fsp3) is 0.154. The highest BCUT2D eigenvalue weighted by Crippen LogP contribution is 2.40. The summed E-state index contributed by atoms with van der Waals surface area (Å²) < 4.78 is 26.0. The number of rotatable bonds is 3. The fourth-order valence-electron chi connectivity index (χ4n) is 2.21. The van der Waals surface area contributed by atoms with E-state index in [9.17, 15) is 13.2 Å². The third kappa shape index (κ3) is 2.46. The summed E-state index contributed by atoms with van der Waals surface area (Å²) in [4.78, 5) is 12.0. The number of benzene rings is 1. The highest BCUT2D eigenvalue weighted by atomic mass is 32.2. The van der Waals surface area contributed by atoms with Crippen LogP contribution in [-0.4, -0.2) is 30.4 Å². The first-order valence-corrected chi connectivity index (χ1v) is 8.39. The molecule has 0 radical (unpaired) electrons. The average Bonchev–Trinajstić information content (AvgIpc) is 3.00. The molecule has 1 aliphatic rings. The summed E-state index contributed by atoms with van der Waals surface area (Å²) >= 11 is 1.20. The van der Waals surface area contributed by atoms with Crippen LogP contribution in [0.15, 0.2) is 40.6 Å². The lowest BCUT2D eigenvalue weighted by molar-refractivity contribution is -0.129. The van der Waals surface area contributed by atoms with Crippen molar-refractivity contribution in [2.24, 2.45) is 0 Å². The summed E-state index contributed by atoms with van der Waals surface area (Å²) in [5.41, 5.74) is 3.09. The van der Waals surface area contributed by atoms with Crippen molar-refractivity contribution in [2.75, 3.05) is 6.54 Å². The Morgan fingerprint density at radius 3 is 2.67 bits per heavy atom. The third-order valence-electron chi connectivity index (χ3n) is 3.19. The van der Waals surface area contributed by atoms with Gasteiger partial charge in [-0.2, -0.15) is 4.31 Å². The maximum absolute atomic E-state index is 12.4. The monoisotopic (exact) mass is 324 g/mol. The SMILES string of the molecule is O=C(CN1Cc2cc(-c3ccccc3)sc2S1(=O)=O)NO. The Hall–Kier alpha value is -1.74. The van der Waals surface area contributed by atoms with Gasteiger partial charge in [-0.15, -0.1) is 11.3 Å². The lowest BCUT2D eigenvalue weighted by Gasteiger charge is -2.12. The van der Waals surface area contributed by atoms with E-state index >= 15 is 0 Å². The predicted molar refractivity (Wildman–Crippen MR) is 77.3 cm³/mol. The molecule has 2 N–H and O–H groups in total. The Morgan fingerprint density at radius 1 is 1.33 bits per heavy atom. The Labute approximate surface area is 125 Å². The van der Waals surface area contributed by atoms with Gasteiger partial charge in [0.15, 0.2) is 0 Å². The molecule has 1 aliphatic heterocycles. The van der Waals surface area contributed by atoms with Gasteiger partial charge in [0.1, 0.15) is 4.21 Å². The molecule has 3 rings (SSSR count). The van der Waals surface area contributed by atoms with E-state index in [0.29, 0.717) is 5.56 Å². The van der Waals surface area contributed by atoms with Crippen molar-refractivity contribution in [2.45, 2.75) is 10.8 Å². The molecule has 0 atom stereocenters. The zero-order valence-corrected chi connectivity index (χ0v) is 12.4. The second-order valence-electron chi connectivity index (χ2n) is 4.60. The number of nitrogens with zero attached hydrogens (tertiary/aromatic N) is 1. The molecular weight excluding hydrogens is 312 g/mol. The van der Waals surface area contributed by atoms with Crippen molar-refractivity contribution in [1.29, 1.82) is 0 Å². The number of carbonyl (C=O) groups excluding carboxylic acids is 1. The molecule has 2 aromatic rings. The van der Waals surface area contributed by atoms with E-state index in [0.717, 1.165) is 14.7 Å². The number of fused-ring (bicyclic) bond motifs is 1. The van der Waals surface area contributed by atoms with Gasteiger partial charge in [-0.25, -0.2) is 13.9 Å². The number of hydrogen-bond donors (Lipinski definition) is 2. The van der Waals surface area contributed by atoms with E-state index in [1.165, 1.54) is 16.8 Å². The topological polar surface area (TPSA) is 86.7 Å². The molecule has 1 aromatic carbocycles. The lowest BCUT2D eigenvalue weighted by Crippen LogP contribution is -2.36. The predicted octanol–water partition coefficient (Wildman–Crippen LogP) is 1.42. The molecule has 0 saturated carbocycles. The summed E-state index contributed by atoms with van der Waals surface area (Å²) in [7, 11) is -3.66. The molecule has 0 unspecified atom stereocenters. The summed E-state index contributed by atoms with van der Waals surface area (Å²) in [5.74, 6) is -0.753. The minimum absolute atomic E-state index is 0.147. The molecular formula is C13H12N2O4S2. The van der Waals surface area contributed by atoms with Gasteiger partial charge in [0.2, 0.25) is 0 Å². The van der Waals surface area contributed by atoms with Crippen molar-refractivity contribution >= 4 is 27.3 Å². The summed E-state index contributed by atoms with van der Waals surface area (Å²) in [6.07, 6.45) is 0. The second kappa shape index (κ2) is 5.23. The first kappa shape index (κ1) is 14.2. The van der Waals surface area contributed by atoms with Gasteiger partial charge >= 0.3 is 0 Å². The van der Waals surface area contributed by atoms with Gasteiger partial charge in [0.05, 0.1) is 6.54 Å². The largest absolute Gasteiger partial charge is 0.289 e. The van der Waals surface area contributed by atoms with Crippen LogP contribution in [0.1, 0.15) is 5.56 Å². The van der Waals surface area contributed by atoms with Crippen LogP contribution in [-0.2, 0) is 21.4 Å². The number of amides is 1. The van der Waals surface area contributed by atoms with Crippen molar-refractivity contribution in [3.8, 4) is 10.4 Å². The maximum Gasteiger partial charge on any atom is 0.258 e. The molecule has 0 saturated heterocycles. The van der Waals surface area contributed by atoms with E-state index in [1.807, 2.05) is 36.4 Å². The molecule has 6 nitrogen and oxygen atoms in total. The molecule has 1 amide bonds. The highest BCUT2D eigenvalue weighted by Gasteiger charge is 2.38. The second-order valence-corrected chi connectivity index (χ2v) is 7.78. The van der Waals surface area contributed by atoms with Gasteiger partial charge in [-0.3, -0.25) is 10.0 Å². The smallest absolute Gasteiger partial charge is 0.258 e. The van der Waals surface area contributed by atoms with Crippen molar-refractivity contribution < 1.29 is 18.4 Å². The molecule has 21 heavy (non-hydrogen) atoms. The Kier molecular flexibility index (Phi) is 3.54. The summed E-state index contributed by atoms with van der Waals surface area (Å²) in [6, 6.07) is 11.4. The van der Waals surface area contributed by atoms with E-state index in [2.05, 4.69) is 0 Å². The fourth-order valence-corrected chi connectivity index (χ4v) is 5.42. The van der Waals surface area contributed by atoms with Crippen LogP contribution in [0.5, 0.6) is 0 Å². The Morgan fingerprint density at radius 2 is 2.05 bits per heavy atom. The van der Waals surface area contributed by atoms with Gasteiger partial charge < -0.3 is 0 Å². The van der Waals surface area contributed by atoms with Crippen LogP contribution in [0.2, 0.25) is 0 Å². The van der Waals surface area contributed by atoms with E-state index < -0.39 is 15.9 Å². The number of carbonyl (C=O) groups is 1. The minimum atomic E-state index is -3.66. The van der Waals surface area contributed by atoms with Gasteiger partial charge in [0, 0.05) is 11.4 Å².